The number of hydrogen-bond acceptors (Lipinski definition) is 4. The Hall–Kier alpha value is -0.170. The van der Waals surface area contributed by atoms with E-state index < -0.39 is 10.0 Å². The minimum absolute atomic E-state index is 0.0565. The van der Waals surface area contributed by atoms with Crippen LogP contribution in [0.3, 0.4) is 0 Å². The zero-order chi connectivity index (χ0) is 13.3. The molecule has 0 amide bonds. The number of nitrogens with zero attached hydrogens (tertiary/aromatic N) is 2. The van der Waals surface area contributed by atoms with Crippen molar-refractivity contribution in [1.29, 1.82) is 0 Å². The zero-order valence-electron chi connectivity index (χ0n) is 11.2. The fraction of sp³-hybridized carbons (Fsp3) is 1.00. The fourth-order valence-electron chi connectivity index (χ4n) is 1.48. The third kappa shape index (κ3) is 7.70. The van der Waals surface area contributed by atoms with E-state index >= 15 is 0 Å². The molecular weight excluding hydrogens is 240 g/mol. The molecular formula is C11H26N2O3S. The standard InChI is InChI=1S/C11H26N2O3S/c1-4-7-13(9-8-12(2)3)17(15,16)11-6-5-10-14/h14H,4-11H2,1-3H3. The predicted octanol–water partition coefficient (Wildman–Crippen LogP) is 0.362. The first kappa shape index (κ1) is 16.8. The number of hydrogen-bond donors (Lipinski definition) is 1. The summed E-state index contributed by atoms with van der Waals surface area (Å²) in [6.07, 6.45) is 1.90. The molecule has 0 saturated heterocycles. The summed E-state index contributed by atoms with van der Waals surface area (Å²) in [7, 11) is 0.709. The predicted molar refractivity (Wildman–Crippen MR) is 70.5 cm³/mol. The second kappa shape index (κ2) is 8.85. The number of aliphatic hydroxyl groups excluding tert-OH is 1. The Morgan fingerprint density at radius 2 is 1.71 bits per heavy atom. The largest absolute Gasteiger partial charge is 0.396 e. The maximum Gasteiger partial charge on any atom is 0.214 e. The summed E-state index contributed by atoms with van der Waals surface area (Å²) >= 11 is 0. The molecule has 0 aliphatic heterocycles. The molecule has 0 aliphatic carbocycles. The number of likely N-dealkylation sites (N-methyl/N-ethyl adjacent to an activating group) is 1. The molecule has 0 spiro atoms. The summed E-state index contributed by atoms with van der Waals surface area (Å²) in [5.74, 6) is 0.140. The van der Waals surface area contributed by atoms with Gasteiger partial charge in [-0.1, -0.05) is 6.92 Å². The van der Waals surface area contributed by atoms with E-state index in [0.29, 0.717) is 25.9 Å². The van der Waals surface area contributed by atoms with Crippen LogP contribution >= 0.6 is 0 Å². The lowest BCUT2D eigenvalue weighted by Crippen LogP contribution is -2.38. The van der Waals surface area contributed by atoms with Crippen LogP contribution in [0.4, 0.5) is 0 Å². The summed E-state index contributed by atoms with van der Waals surface area (Å²) in [6.45, 7) is 3.89. The lowest BCUT2D eigenvalue weighted by atomic mass is 10.4. The molecule has 17 heavy (non-hydrogen) atoms. The molecule has 104 valence electrons. The van der Waals surface area contributed by atoms with Crippen LogP contribution < -0.4 is 0 Å². The SMILES string of the molecule is CCCN(CCN(C)C)S(=O)(=O)CCCCO. The molecule has 0 saturated carbocycles. The summed E-state index contributed by atoms with van der Waals surface area (Å²) in [6, 6.07) is 0. The minimum atomic E-state index is -3.16. The van der Waals surface area contributed by atoms with E-state index in [4.69, 9.17) is 5.11 Å². The third-order valence-corrected chi connectivity index (χ3v) is 4.43. The molecule has 0 aliphatic rings. The highest BCUT2D eigenvalue weighted by Crippen LogP contribution is 2.06. The van der Waals surface area contributed by atoms with E-state index in [0.717, 1.165) is 13.0 Å². The van der Waals surface area contributed by atoms with Crippen molar-refractivity contribution in [3.63, 3.8) is 0 Å². The van der Waals surface area contributed by atoms with Gasteiger partial charge in [0.05, 0.1) is 5.75 Å². The van der Waals surface area contributed by atoms with Crippen molar-refractivity contribution in [2.24, 2.45) is 0 Å². The second-order valence-electron chi connectivity index (χ2n) is 4.45. The van der Waals surface area contributed by atoms with Crippen molar-refractivity contribution in [2.45, 2.75) is 26.2 Å². The van der Waals surface area contributed by atoms with Gasteiger partial charge in [-0.3, -0.25) is 0 Å². The molecule has 0 unspecified atom stereocenters. The van der Waals surface area contributed by atoms with Gasteiger partial charge in [0.1, 0.15) is 0 Å². The molecule has 6 heteroatoms. The van der Waals surface area contributed by atoms with Gasteiger partial charge in [0.25, 0.3) is 0 Å². The van der Waals surface area contributed by atoms with Crippen LogP contribution in [0, 0.1) is 0 Å². The van der Waals surface area contributed by atoms with Crippen molar-refractivity contribution >= 4 is 10.0 Å². The van der Waals surface area contributed by atoms with Gasteiger partial charge in [0, 0.05) is 26.2 Å². The van der Waals surface area contributed by atoms with Crippen molar-refractivity contribution in [3.8, 4) is 0 Å². The van der Waals surface area contributed by atoms with Gasteiger partial charge >= 0.3 is 0 Å². The van der Waals surface area contributed by atoms with E-state index in [2.05, 4.69) is 0 Å². The normalized spacial score (nSPS) is 12.6. The molecule has 0 fully saturated rings. The zero-order valence-corrected chi connectivity index (χ0v) is 12.0. The maximum atomic E-state index is 12.0. The van der Waals surface area contributed by atoms with Crippen LogP contribution in [0.5, 0.6) is 0 Å². The second-order valence-corrected chi connectivity index (χ2v) is 6.54. The lowest BCUT2D eigenvalue weighted by molar-refractivity contribution is 0.286. The summed E-state index contributed by atoms with van der Waals surface area (Å²) in [4.78, 5) is 1.98. The van der Waals surface area contributed by atoms with Crippen LogP contribution in [0.2, 0.25) is 0 Å². The molecule has 0 aromatic carbocycles. The van der Waals surface area contributed by atoms with Crippen LogP contribution in [-0.2, 0) is 10.0 Å². The first-order valence-electron chi connectivity index (χ1n) is 6.17. The van der Waals surface area contributed by atoms with E-state index in [-0.39, 0.29) is 12.4 Å². The number of sulfonamides is 1. The molecule has 1 N–H and O–H groups in total. The van der Waals surface area contributed by atoms with Gasteiger partial charge < -0.3 is 10.0 Å². The average Bonchev–Trinajstić information content (AvgIpc) is 2.23. The molecule has 0 radical (unpaired) electrons. The summed E-state index contributed by atoms with van der Waals surface area (Å²) in [5.41, 5.74) is 0. The first-order valence-corrected chi connectivity index (χ1v) is 7.78. The van der Waals surface area contributed by atoms with E-state index in [1.165, 1.54) is 0 Å². The monoisotopic (exact) mass is 266 g/mol. The third-order valence-electron chi connectivity index (χ3n) is 2.47. The lowest BCUT2D eigenvalue weighted by Gasteiger charge is -2.23. The van der Waals surface area contributed by atoms with Gasteiger partial charge in [-0.2, -0.15) is 0 Å². The minimum Gasteiger partial charge on any atom is -0.396 e. The summed E-state index contributed by atoms with van der Waals surface area (Å²) in [5, 5.41) is 8.67. The molecule has 0 aromatic heterocycles. The highest BCUT2D eigenvalue weighted by molar-refractivity contribution is 7.89. The van der Waals surface area contributed by atoms with Crippen molar-refractivity contribution in [2.75, 3.05) is 46.1 Å². The Labute approximate surface area is 105 Å². The summed E-state index contributed by atoms with van der Waals surface area (Å²) < 4.78 is 25.6. The Bertz CT molecular complexity index is 278. The van der Waals surface area contributed by atoms with Crippen LogP contribution in [0.15, 0.2) is 0 Å². The molecule has 0 atom stereocenters. The highest BCUT2D eigenvalue weighted by Gasteiger charge is 2.20. The van der Waals surface area contributed by atoms with Crippen LogP contribution in [-0.4, -0.2) is 68.8 Å². The first-order chi connectivity index (χ1) is 7.94. The van der Waals surface area contributed by atoms with Gasteiger partial charge in [-0.15, -0.1) is 0 Å². The average molecular weight is 266 g/mol. The Morgan fingerprint density at radius 1 is 1.06 bits per heavy atom. The number of rotatable bonds is 10. The molecule has 0 aromatic rings. The van der Waals surface area contributed by atoms with Gasteiger partial charge in [-0.25, -0.2) is 12.7 Å². The van der Waals surface area contributed by atoms with Crippen molar-refractivity contribution < 1.29 is 13.5 Å². The fourth-order valence-corrected chi connectivity index (χ4v) is 3.12. The van der Waals surface area contributed by atoms with E-state index in [9.17, 15) is 8.42 Å². The smallest absolute Gasteiger partial charge is 0.214 e. The van der Waals surface area contributed by atoms with Crippen molar-refractivity contribution in [3.05, 3.63) is 0 Å². The van der Waals surface area contributed by atoms with Crippen LogP contribution in [0.25, 0.3) is 0 Å². The Balaban J connectivity index is 4.33. The van der Waals surface area contributed by atoms with Gasteiger partial charge in [0.2, 0.25) is 10.0 Å². The quantitative estimate of drug-likeness (QED) is 0.580. The molecule has 5 nitrogen and oxygen atoms in total. The highest BCUT2D eigenvalue weighted by atomic mass is 32.2. The Morgan fingerprint density at radius 3 is 2.18 bits per heavy atom. The van der Waals surface area contributed by atoms with Gasteiger partial charge in [-0.05, 0) is 33.4 Å². The molecule has 0 heterocycles. The number of unbranched alkanes of at least 4 members (excludes halogenated alkanes) is 1. The van der Waals surface area contributed by atoms with E-state index in [1.54, 1.807) is 4.31 Å². The van der Waals surface area contributed by atoms with E-state index in [1.807, 2.05) is 25.9 Å². The van der Waals surface area contributed by atoms with Gasteiger partial charge in [0.15, 0.2) is 0 Å². The number of aliphatic hydroxyl groups is 1. The topological polar surface area (TPSA) is 60.9 Å². The molecule has 0 bridgehead atoms. The van der Waals surface area contributed by atoms with Crippen LogP contribution in [0.1, 0.15) is 26.2 Å². The van der Waals surface area contributed by atoms with Crippen molar-refractivity contribution in [1.82, 2.24) is 9.21 Å². The Kier molecular flexibility index (Phi) is 8.77. The molecule has 0 rings (SSSR count). The maximum absolute atomic E-state index is 12.0.